The number of hydrogen-bond donors (Lipinski definition) is 2. The number of hydrazone groups is 1. The Morgan fingerprint density at radius 3 is 2.12 bits per heavy atom. The number of halogens is 1. The minimum Gasteiger partial charge on any atom is -0.507 e. The maximum atomic E-state index is 12.8. The average Bonchev–Trinajstić information content (AvgIpc) is 2.93. The molecule has 0 bridgehead atoms. The molecule has 0 aliphatic rings. The monoisotopic (exact) mass is 700 g/mol. The molecule has 8 nitrogen and oxygen atoms in total. The first-order valence-electron chi connectivity index (χ1n) is 14.1. The molecule has 3 rings (SSSR count). The number of esters is 1. The van der Waals surface area contributed by atoms with Gasteiger partial charge in [-0.3, -0.25) is 4.79 Å². The van der Waals surface area contributed by atoms with E-state index in [9.17, 15) is 14.7 Å². The number of amides is 1. The molecule has 3 aromatic rings. The van der Waals surface area contributed by atoms with Crippen molar-refractivity contribution in [3.63, 3.8) is 0 Å². The standard InChI is InChI=1S/C34H41IN2O6/c1-9-42-28-19-22(18-27(35)31(28)43-32(40)23-11-13-24(41-8)14-12-23)20-36-37-29(38)15-10-21-16-25(33(2,3)4)30(39)26(17-21)34(5,6)7/h11-14,16-20,39H,9-10,15H2,1-8H3,(H,37,38)/b36-20-. The molecule has 230 valence electrons. The Hall–Kier alpha value is -3.60. The lowest BCUT2D eigenvalue weighted by Gasteiger charge is -2.28. The minimum absolute atomic E-state index is 0.233. The van der Waals surface area contributed by atoms with Crippen molar-refractivity contribution < 1.29 is 28.9 Å². The number of carbonyl (C=O) groups excluding carboxylic acids is 2. The van der Waals surface area contributed by atoms with Gasteiger partial charge in [-0.25, -0.2) is 10.2 Å². The molecule has 9 heteroatoms. The molecule has 0 fully saturated rings. The maximum absolute atomic E-state index is 12.8. The van der Waals surface area contributed by atoms with E-state index in [1.54, 1.807) is 43.5 Å². The molecule has 2 N–H and O–H groups in total. The third-order valence-electron chi connectivity index (χ3n) is 6.68. The highest BCUT2D eigenvalue weighted by Crippen LogP contribution is 2.40. The van der Waals surface area contributed by atoms with Gasteiger partial charge in [0.05, 0.1) is 29.1 Å². The first-order valence-corrected chi connectivity index (χ1v) is 15.2. The van der Waals surface area contributed by atoms with Crippen molar-refractivity contribution in [1.29, 1.82) is 0 Å². The first-order chi connectivity index (χ1) is 20.1. The Morgan fingerprint density at radius 1 is 0.977 bits per heavy atom. The largest absolute Gasteiger partial charge is 0.507 e. The number of benzene rings is 3. The van der Waals surface area contributed by atoms with Crippen LogP contribution in [0.25, 0.3) is 0 Å². The lowest BCUT2D eigenvalue weighted by Crippen LogP contribution is -2.20. The van der Waals surface area contributed by atoms with E-state index in [-0.39, 0.29) is 23.2 Å². The summed E-state index contributed by atoms with van der Waals surface area (Å²) >= 11 is 2.07. The molecule has 43 heavy (non-hydrogen) atoms. The van der Waals surface area contributed by atoms with Crippen molar-refractivity contribution in [3.8, 4) is 23.0 Å². The fourth-order valence-electron chi connectivity index (χ4n) is 4.38. The van der Waals surface area contributed by atoms with Gasteiger partial charge in [0.1, 0.15) is 11.5 Å². The number of ether oxygens (including phenoxy) is 3. The van der Waals surface area contributed by atoms with Crippen LogP contribution >= 0.6 is 22.6 Å². The van der Waals surface area contributed by atoms with Crippen molar-refractivity contribution in [2.24, 2.45) is 5.10 Å². The summed E-state index contributed by atoms with van der Waals surface area (Å²) in [5.74, 6) is 0.905. The van der Waals surface area contributed by atoms with Gasteiger partial charge in [0.25, 0.3) is 0 Å². The van der Waals surface area contributed by atoms with E-state index in [1.807, 2.05) is 19.1 Å². The van der Waals surface area contributed by atoms with Crippen molar-refractivity contribution in [1.82, 2.24) is 5.43 Å². The predicted octanol–water partition coefficient (Wildman–Crippen LogP) is 7.30. The van der Waals surface area contributed by atoms with Crippen LogP contribution in [0.4, 0.5) is 0 Å². The van der Waals surface area contributed by atoms with Gasteiger partial charge in [0.2, 0.25) is 5.91 Å². The van der Waals surface area contributed by atoms with E-state index < -0.39 is 5.97 Å². The molecule has 0 aliphatic heterocycles. The first kappa shape index (κ1) is 33.9. The fraction of sp³-hybridized carbons (Fsp3) is 0.382. The van der Waals surface area contributed by atoms with Crippen LogP contribution in [-0.2, 0) is 22.0 Å². The second kappa shape index (κ2) is 14.2. The number of aromatic hydroxyl groups is 1. The van der Waals surface area contributed by atoms with Crippen LogP contribution < -0.4 is 19.6 Å². The molecular formula is C34H41IN2O6. The molecule has 0 aromatic heterocycles. The highest BCUT2D eigenvalue weighted by Gasteiger charge is 2.26. The molecule has 0 heterocycles. The Bertz CT molecular complexity index is 1450. The number of carbonyl (C=O) groups is 2. The number of phenols is 1. The third-order valence-corrected chi connectivity index (χ3v) is 7.48. The number of aryl methyl sites for hydroxylation is 1. The Balaban J connectivity index is 1.70. The van der Waals surface area contributed by atoms with Crippen LogP contribution in [0.5, 0.6) is 23.0 Å². The Kier molecular flexibility index (Phi) is 11.2. The molecule has 0 saturated heterocycles. The van der Waals surface area contributed by atoms with Gasteiger partial charge in [0.15, 0.2) is 11.5 Å². The van der Waals surface area contributed by atoms with Crippen LogP contribution in [0.2, 0.25) is 0 Å². The van der Waals surface area contributed by atoms with Crippen LogP contribution in [-0.4, -0.2) is 36.9 Å². The number of rotatable bonds is 10. The van der Waals surface area contributed by atoms with E-state index in [0.717, 1.165) is 16.7 Å². The van der Waals surface area contributed by atoms with Gasteiger partial charge >= 0.3 is 5.97 Å². The van der Waals surface area contributed by atoms with E-state index >= 15 is 0 Å². The van der Waals surface area contributed by atoms with Gasteiger partial charge in [-0.05, 0) is 105 Å². The quantitative estimate of drug-likeness (QED) is 0.0756. The van der Waals surface area contributed by atoms with Gasteiger partial charge in [-0.1, -0.05) is 53.7 Å². The van der Waals surface area contributed by atoms with E-state index in [1.165, 1.54) is 6.21 Å². The summed E-state index contributed by atoms with van der Waals surface area (Å²) in [6, 6.07) is 14.1. The zero-order valence-electron chi connectivity index (χ0n) is 26.1. The van der Waals surface area contributed by atoms with Crippen LogP contribution in [0.3, 0.4) is 0 Å². The Labute approximate surface area is 268 Å². The highest BCUT2D eigenvalue weighted by atomic mass is 127. The van der Waals surface area contributed by atoms with Crippen molar-refractivity contribution in [2.45, 2.75) is 72.1 Å². The van der Waals surface area contributed by atoms with Gasteiger partial charge in [-0.2, -0.15) is 5.10 Å². The second-order valence-electron chi connectivity index (χ2n) is 12.2. The molecule has 3 aromatic carbocycles. The normalized spacial score (nSPS) is 11.8. The molecular weight excluding hydrogens is 659 g/mol. The summed E-state index contributed by atoms with van der Waals surface area (Å²) < 4.78 is 17.2. The van der Waals surface area contributed by atoms with Gasteiger partial charge < -0.3 is 19.3 Å². The van der Waals surface area contributed by atoms with Gasteiger partial charge in [-0.15, -0.1) is 0 Å². The van der Waals surface area contributed by atoms with Crippen molar-refractivity contribution in [2.75, 3.05) is 13.7 Å². The van der Waals surface area contributed by atoms with Gasteiger partial charge in [0, 0.05) is 6.42 Å². The number of methoxy groups -OCH3 is 1. The van der Waals surface area contributed by atoms with E-state index in [2.05, 4.69) is 74.7 Å². The molecule has 0 aliphatic carbocycles. The smallest absolute Gasteiger partial charge is 0.343 e. The van der Waals surface area contributed by atoms with E-state index in [0.29, 0.717) is 50.7 Å². The predicted molar refractivity (Wildman–Crippen MR) is 178 cm³/mol. The summed E-state index contributed by atoms with van der Waals surface area (Å²) in [7, 11) is 1.56. The van der Waals surface area contributed by atoms with Crippen LogP contribution in [0, 0.1) is 3.57 Å². The number of nitrogens with zero attached hydrogens (tertiary/aromatic N) is 1. The molecule has 0 atom stereocenters. The summed E-state index contributed by atoms with van der Waals surface area (Å²) in [5.41, 5.74) is 5.88. The SMILES string of the molecule is CCOc1cc(/C=N\NC(=O)CCc2cc(C(C)(C)C)c(O)c(C(C)(C)C)c2)cc(I)c1OC(=O)c1ccc(OC)cc1. The number of phenolic OH excluding ortho intramolecular Hbond substituents is 1. The molecule has 0 unspecified atom stereocenters. The van der Waals surface area contributed by atoms with Crippen LogP contribution in [0.15, 0.2) is 53.6 Å². The second-order valence-corrected chi connectivity index (χ2v) is 13.4. The molecule has 1 amide bonds. The lowest BCUT2D eigenvalue weighted by atomic mass is 9.78. The van der Waals surface area contributed by atoms with Crippen molar-refractivity contribution >= 4 is 40.7 Å². The fourth-order valence-corrected chi connectivity index (χ4v) is 5.11. The topological polar surface area (TPSA) is 106 Å². The minimum atomic E-state index is -0.520. The Morgan fingerprint density at radius 2 is 1.58 bits per heavy atom. The number of nitrogens with one attached hydrogen (secondary N) is 1. The third kappa shape index (κ3) is 9.19. The molecule has 0 saturated carbocycles. The molecule has 0 spiro atoms. The summed E-state index contributed by atoms with van der Waals surface area (Å²) in [6.07, 6.45) is 2.26. The zero-order chi connectivity index (χ0) is 31.9. The summed E-state index contributed by atoms with van der Waals surface area (Å²) in [6.45, 7) is 14.6. The molecule has 0 radical (unpaired) electrons. The summed E-state index contributed by atoms with van der Waals surface area (Å²) in [4.78, 5) is 25.4. The van der Waals surface area contributed by atoms with Crippen molar-refractivity contribution in [3.05, 3.63) is 79.9 Å². The maximum Gasteiger partial charge on any atom is 0.343 e. The summed E-state index contributed by atoms with van der Waals surface area (Å²) in [5, 5.41) is 15.1. The average molecular weight is 701 g/mol. The highest BCUT2D eigenvalue weighted by molar-refractivity contribution is 14.1. The lowest BCUT2D eigenvalue weighted by molar-refractivity contribution is -0.121. The van der Waals surface area contributed by atoms with E-state index in [4.69, 9.17) is 14.2 Å². The number of hydrogen-bond acceptors (Lipinski definition) is 7. The van der Waals surface area contributed by atoms with Crippen LogP contribution in [0.1, 0.15) is 87.5 Å². The zero-order valence-corrected chi connectivity index (χ0v) is 28.3.